The van der Waals surface area contributed by atoms with Crippen molar-refractivity contribution < 1.29 is 16.8 Å². The van der Waals surface area contributed by atoms with Crippen molar-refractivity contribution in [1.29, 1.82) is 0 Å². The number of hydrogen-bond donors (Lipinski definition) is 2. The summed E-state index contributed by atoms with van der Waals surface area (Å²) >= 11 is 5.28. The molecule has 0 aliphatic carbocycles. The summed E-state index contributed by atoms with van der Waals surface area (Å²) in [7, 11) is -6.51. The minimum atomic E-state index is -3.31. The van der Waals surface area contributed by atoms with Gasteiger partial charge in [-0.25, -0.2) is 26.3 Å². The molecule has 0 aromatic heterocycles. The average molecular weight is 279 g/mol. The van der Waals surface area contributed by atoms with Crippen LogP contribution >= 0.6 is 11.6 Å². The van der Waals surface area contributed by atoms with Gasteiger partial charge in [0.1, 0.15) is 0 Å². The Morgan fingerprint density at radius 1 is 1.07 bits per heavy atom. The molecular weight excluding hydrogens is 264 g/mol. The van der Waals surface area contributed by atoms with Gasteiger partial charge in [0.25, 0.3) is 0 Å². The van der Waals surface area contributed by atoms with Crippen LogP contribution in [0.1, 0.15) is 6.42 Å². The van der Waals surface area contributed by atoms with E-state index in [1.54, 1.807) is 0 Å². The molecule has 0 rings (SSSR count). The van der Waals surface area contributed by atoms with Crippen LogP contribution in [0, 0.1) is 0 Å². The van der Waals surface area contributed by atoms with Crippen LogP contribution in [0.15, 0.2) is 0 Å². The largest absolute Gasteiger partial charge is 0.215 e. The molecule has 0 unspecified atom stereocenters. The van der Waals surface area contributed by atoms with Gasteiger partial charge in [-0.2, -0.15) is 0 Å². The minimum absolute atomic E-state index is 0.0386. The molecule has 15 heavy (non-hydrogen) atoms. The van der Waals surface area contributed by atoms with Crippen LogP contribution in [0.3, 0.4) is 0 Å². The zero-order valence-electron chi connectivity index (χ0n) is 8.36. The Morgan fingerprint density at radius 2 is 1.60 bits per heavy atom. The Balaban J connectivity index is 3.64. The van der Waals surface area contributed by atoms with Gasteiger partial charge in [0.2, 0.25) is 20.0 Å². The summed E-state index contributed by atoms with van der Waals surface area (Å²) in [4.78, 5) is 0. The highest BCUT2D eigenvalue weighted by Gasteiger charge is 2.07. The van der Waals surface area contributed by atoms with E-state index in [4.69, 9.17) is 11.6 Å². The molecule has 0 atom stereocenters. The quantitative estimate of drug-likeness (QED) is 0.444. The Kier molecular flexibility index (Phi) is 6.69. The minimum Gasteiger partial charge on any atom is -0.215 e. The van der Waals surface area contributed by atoms with Gasteiger partial charge in [-0.1, -0.05) is 0 Å². The summed E-state index contributed by atoms with van der Waals surface area (Å²) in [5.41, 5.74) is 0. The van der Waals surface area contributed by atoms with Crippen molar-refractivity contribution in [3.63, 3.8) is 0 Å². The van der Waals surface area contributed by atoms with Crippen LogP contribution in [0.2, 0.25) is 0 Å². The van der Waals surface area contributed by atoms with E-state index in [9.17, 15) is 16.8 Å². The highest BCUT2D eigenvalue weighted by Crippen LogP contribution is 1.87. The number of nitrogens with one attached hydrogen (secondary N) is 2. The maximum absolute atomic E-state index is 11.1. The van der Waals surface area contributed by atoms with Crippen LogP contribution in [0.5, 0.6) is 0 Å². The van der Waals surface area contributed by atoms with Crippen LogP contribution in [-0.2, 0) is 20.0 Å². The van der Waals surface area contributed by atoms with Crippen molar-refractivity contribution in [1.82, 2.24) is 9.44 Å². The van der Waals surface area contributed by atoms with Gasteiger partial charge in [0, 0.05) is 19.0 Å². The Bertz CT molecular complexity index is 365. The molecule has 0 saturated carbocycles. The standard InChI is InChI=1S/C6H15ClN2O4S2/c1-14(10,11)8-4-2-5-9-15(12,13)6-3-7/h8-9H,2-6H2,1H3. The third-order valence-corrected chi connectivity index (χ3v) is 3.91. The van der Waals surface area contributed by atoms with Crippen molar-refractivity contribution in [2.45, 2.75) is 6.42 Å². The molecule has 0 fully saturated rings. The summed E-state index contributed by atoms with van der Waals surface area (Å²) in [6.45, 7) is 0.407. The maximum Gasteiger partial charge on any atom is 0.212 e. The highest BCUT2D eigenvalue weighted by atomic mass is 35.5. The lowest BCUT2D eigenvalue weighted by Crippen LogP contribution is -2.31. The van der Waals surface area contributed by atoms with E-state index in [1.165, 1.54) is 0 Å². The fourth-order valence-corrected chi connectivity index (χ4v) is 2.67. The second-order valence-electron chi connectivity index (χ2n) is 2.92. The van der Waals surface area contributed by atoms with Gasteiger partial charge >= 0.3 is 0 Å². The molecular formula is C6H15ClN2O4S2. The maximum atomic E-state index is 11.1. The van der Waals surface area contributed by atoms with Crippen molar-refractivity contribution >= 4 is 31.6 Å². The molecule has 0 saturated heterocycles. The van der Waals surface area contributed by atoms with Crippen LogP contribution in [0.25, 0.3) is 0 Å². The molecule has 0 aliphatic heterocycles. The molecule has 0 spiro atoms. The zero-order valence-corrected chi connectivity index (χ0v) is 10.8. The fraction of sp³-hybridized carbons (Fsp3) is 1.00. The predicted molar refractivity (Wildman–Crippen MR) is 60.0 cm³/mol. The lowest BCUT2D eigenvalue weighted by atomic mass is 10.4. The average Bonchev–Trinajstić information content (AvgIpc) is 2.00. The number of sulfonamides is 2. The second-order valence-corrected chi connectivity index (χ2v) is 7.06. The van der Waals surface area contributed by atoms with Gasteiger partial charge in [0.05, 0.1) is 12.0 Å². The Morgan fingerprint density at radius 3 is 2.07 bits per heavy atom. The molecule has 0 radical (unpaired) electrons. The van der Waals surface area contributed by atoms with Gasteiger partial charge in [-0.05, 0) is 6.42 Å². The first kappa shape index (κ1) is 15.1. The molecule has 9 heteroatoms. The third kappa shape index (κ3) is 10.4. The van der Waals surface area contributed by atoms with Crippen LogP contribution < -0.4 is 9.44 Å². The first-order valence-electron chi connectivity index (χ1n) is 4.25. The fourth-order valence-electron chi connectivity index (χ4n) is 0.747. The van der Waals surface area contributed by atoms with Gasteiger partial charge in [-0.15, -0.1) is 11.6 Å². The number of alkyl halides is 1. The van der Waals surface area contributed by atoms with Gasteiger partial charge in [0.15, 0.2) is 0 Å². The van der Waals surface area contributed by atoms with Crippen molar-refractivity contribution in [2.75, 3.05) is 31.0 Å². The van der Waals surface area contributed by atoms with Crippen molar-refractivity contribution in [3.05, 3.63) is 0 Å². The second kappa shape index (κ2) is 6.64. The molecule has 0 aromatic rings. The lowest BCUT2D eigenvalue weighted by Gasteiger charge is -2.05. The summed E-state index contributed by atoms with van der Waals surface area (Å²) < 4.78 is 47.9. The summed E-state index contributed by atoms with van der Waals surface area (Å²) in [5, 5.41) is 0. The van der Waals surface area contributed by atoms with Crippen LogP contribution in [0.4, 0.5) is 0 Å². The van der Waals surface area contributed by atoms with Crippen molar-refractivity contribution in [3.8, 4) is 0 Å². The summed E-state index contributed by atoms with van der Waals surface area (Å²) in [5.74, 6) is -0.0923. The number of hydrogen-bond acceptors (Lipinski definition) is 4. The number of halogens is 1. The van der Waals surface area contributed by atoms with E-state index in [2.05, 4.69) is 9.44 Å². The summed E-state index contributed by atoms with van der Waals surface area (Å²) in [6.07, 6.45) is 1.44. The molecule has 0 heterocycles. The monoisotopic (exact) mass is 278 g/mol. The van der Waals surface area contributed by atoms with Crippen LogP contribution in [-0.4, -0.2) is 47.8 Å². The first-order valence-corrected chi connectivity index (χ1v) is 8.32. The Labute approximate surface area is 95.5 Å². The lowest BCUT2D eigenvalue weighted by molar-refractivity contribution is 0.576. The Hall–Kier alpha value is 0.110. The summed E-state index contributed by atoms with van der Waals surface area (Å²) in [6, 6.07) is 0. The van der Waals surface area contributed by atoms with E-state index < -0.39 is 20.0 Å². The van der Waals surface area contributed by atoms with Crippen molar-refractivity contribution in [2.24, 2.45) is 0 Å². The van der Waals surface area contributed by atoms with E-state index >= 15 is 0 Å². The first-order chi connectivity index (χ1) is 6.77. The molecule has 0 aliphatic rings. The predicted octanol–water partition coefficient (Wildman–Crippen LogP) is -0.916. The third-order valence-electron chi connectivity index (χ3n) is 1.39. The molecule has 92 valence electrons. The molecule has 0 aromatic carbocycles. The normalized spacial score (nSPS) is 12.9. The molecule has 6 nitrogen and oxygen atoms in total. The smallest absolute Gasteiger partial charge is 0.212 e. The SMILES string of the molecule is CS(=O)(=O)NCCCNS(=O)(=O)CCCl. The highest BCUT2D eigenvalue weighted by molar-refractivity contribution is 7.89. The van der Waals surface area contributed by atoms with E-state index in [1.807, 2.05) is 0 Å². The van der Waals surface area contributed by atoms with Gasteiger partial charge < -0.3 is 0 Å². The molecule has 2 N–H and O–H groups in total. The van der Waals surface area contributed by atoms with Gasteiger partial charge in [-0.3, -0.25) is 0 Å². The van der Waals surface area contributed by atoms with E-state index in [0.717, 1.165) is 6.26 Å². The molecule has 0 amide bonds. The topological polar surface area (TPSA) is 92.3 Å². The van der Waals surface area contributed by atoms with E-state index in [-0.39, 0.29) is 24.7 Å². The molecule has 0 bridgehead atoms. The van der Waals surface area contributed by atoms with E-state index in [0.29, 0.717) is 6.42 Å². The zero-order chi connectivity index (χ0) is 11.9. The number of rotatable bonds is 8.